The first kappa shape index (κ1) is 27.1. The number of pyridine rings is 2. The summed E-state index contributed by atoms with van der Waals surface area (Å²) in [6.07, 6.45) is 1.36. The average molecular weight is 547 g/mol. The zero-order valence-corrected chi connectivity index (χ0v) is 23.7. The largest absolute Gasteiger partial charge is 0.444 e. The van der Waals surface area contributed by atoms with E-state index < -0.39 is 11.3 Å². The van der Waals surface area contributed by atoms with Crippen molar-refractivity contribution in [1.82, 2.24) is 24.4 Å². The number of carbonyl (C=O) groups is 1. The SMILES string of the molecule is Cc1ccnc(C(C)C)c1-n1c(=O)nc(N2CCN(C(=O)OC(C)(C)C)[C@H](C)C2)c2cc(Cl)c(Cl)nc21. The van der Waals surface area contributed by atoms with E-state index >= 15 is 0 Å². The third kappa shape index (κ3) is 5.38. The van der Waals surface area contributed by atoms with Crippen molar-refractivity contribution in [3.63, 3.8) is 0 Å². The Hall–Kier alpha value is -2.91. The highest BCUT2D eigenvalue weighted by Crippen LogP contribution is 2.33. The van der Waals surface area contributed by atoms with Crippen molar-refractivity contribution in [3.05, 3.63) is 50.2 Å². The summed E-state index contributed by atoms with van der Waals surface area (Å²) in [4.78, 5) is 43.6. The van der Waals surface area contributed by atoms with E-state index in [1.165, 1.54) is 4.57 Å². The van der Waals surface area contributed by atoms with Crippen molar-refractivity contribution in [1.29, 1.82) is 0 Å². The molecule has 0 N–H and O–H groups in total. The van der Waals surface area contributed by atoms with Crippen LogP contribution >= 0.6 is 23.2 Å². The summed E-state index contributed by atoms with van der Waals surface area (Å²) in [5, 5.41) is 0.940. The number of rotatable bonds is 3. The molecule has 0 spiro atoms. The smallest absolute Gasteiger partial charge is 0.410 e. The minimum absolute atomic E-state index is 0.0566. The van der Waals surface area contributed by atoms with Gasteiger partial charge in [0.1, 0.15) is 16.6 Å². The maximum absolute atomic E-state index is 13.6. The first-order valence-electron chi connectivity index (χ1n) is 12.3. The zero-order chi connectivity index (χ0) is 27.2. The Labute approximate surface area is 226 Å². The van der Waals surface area contributed by atoms with Crippen LogP contribution in [0.4, 0.5) is 10.6 Å². The number of hydrogen-bond donors (Lipinski definition) is 0. The van der Waals surface area contributed by atoms with Crippen molar-refractivity contribution in [2.45, 2.75) is 66.0 Å². The highest BCUT2D eigenvalue weighted by atomic mass is 35.5. The second-order valence-corrected chi connectivity index (χ2v) is 11.4. The molecule has 0 radical (unpaired) electrons. The predicted octanol–water partition coefficient (Wildman–Crippen LogP) is 5.36. The molecule has 11 heteroatoms. The number of carbonyl (C=O) groups excluding carboxylic acids is 1. The van der Waals surface area contributed by atoms with Crippen molar-refractivity contribution in [2.24, 2.45) is 0 Å². The molecule has 1 aliphatic heterocycles. The van der Waals surface area contributed by atoms with Crippen molar-refractivity contribution in [3.8, 4) is 5.69 Å². The molecule has 0 aliphatic carbocycles. The van der Waals surface area contributed by atoms with Crippen molar-refractivity contribution >= 4 is 46.1 Å². The first-order valence-corrected chi connectivity index (χ1v) is 13.0. The number of amides is 1. The van der Waals surface area contributed by atoms with Gasteiger partial charge in [0, 0.05) is 31.9 Å². The van der Waals surface area contributed by atoms with E-state index in [0.717, 1.165) is 11.3 Å². The number of ether oxygens (including phenoxy) is 1. The van der Waals surface area contributed by atoms with Gasteiger partial charge in [-0.1, -0.05) is 37.0 Å². The van der Waals surface area contributed by atoms with Crippen LogP contribution in [-0.2, 0) is 4.74 Å². The lowest BCUT2D eigenvalue weighted by Gasteiger charge is -2.40. The molecule has 0 unspecified atom stereocenters. The second kappa shape index (κ2) is 10.1. The Morgan fingerprint density at radius 3 is 2.51 bits per heavy atom. The van der Waals surface area contributed by atoms with Crippen molar-refractivity contribution < 1.29 is 9.53 Å². The lowest BCUT2D eigenvalue weighted by Crippen LogP contribution is -2.55. The summed E-state index contributed by atoms with van der Waals surface area (Å²) in [6.45, 7) is 14.7. The maximum Gasteiger partial charge on any atom is 0.410 e. The minimum atomic E-state index is -0.586. The van der Waals surface area contributed by atoms with E-state index in [0.29, 0.717) is 42.2 Å². The van der Waals surface area contributed by atoms with Gasteiger partial charge >= 0.3 is 11.8 Å². The predicted molar refractivity (Wildman–Crippen MR) is 146 cm³/mol. The number of halogens is 2. The van der Waals surface area contributed by atoms with Gasteiger partial charge in [-0.05, 0) is 58.2 Å². The molecule has 1 amide bonds. The molecule has 0 aromatic carbocycles. The summed E-state index contributed by atoms with van der Waals surface area (Å²) >= 11 is 12.7. The van der Waals surface area contributed by atoms with Gasteiger partial charge in [0.15, 0.2) is 5.65 Å². The summed E-state index contributed by atoms with van der Waals surface area (Å²) < 4.78 is 7.04. The van der Waals surface area contributed by atoms with Gasteiger partial charge in [-0.3, -0.25) is 4.98 Å². The van der Waals surface area contributed by atoms with Crippen LogP contribution in [0.2, 0.25) is 10.2 Å². The average Bonchev–Trinajstić information content (AvgIpc) is 2.79. The quantitative estimate of drug-likeness (QED) is 0.408. The molecular weight excluding hydrogens is 515 g/mol. The number of anilines is 1. The lowest BCUT2D eigenvalue weighted by molar-refractivity contribution is 0.0158. The minimum Gasteiger partial charge on any atom is -0.444 e. The van der Waals surface area contributed by atoms with Crippen LogP contribution in [0, 0.1) is 6.92 Å². The molecule has 4 heterocycles. The first-order chi connectivity index (χ1) is 17.3. The van der Waals surface area contributed by atoms with Crippen LogP contribution in [0.25, 0.3) is 16.7 Å². The van der Waals surface area contributed by atoms with E-state index in [2.05, 4.69) is 15.0 Å². The van der Waals surface area contributed by atoms with Gasteiger partial charge in [0.2, 0.25) is 0 Å². The van der Waals surface area contributed by atoms with Gasteiger partial charge in [0.25, 0.3) is 0 Å². The highest BCUT2D eigenvalue weighted by Gasteiger charge is 2.33. The summed E-state index contributed by atoms with van der Waals surface area (Å²) in [7, 11) is 0. The Bertz CT molecular complexity index is 1420. The Morgan fingerprint density at radius 2 is 1.89 bits per heavy atom. The molecule has 3 aromatic rings. The fourth-order valence-electron chi connectivity index (χ4n) is 4.55. The van der Waals surface area contributed by atoms with Crippen LogP contribution < -0.4 is 10.6 Å². The number of aryl methyl sites for hydroxylation is 1. The van der Waals surface area contributed by atoms with E-state index in [1.54, 1.807) is 17.2 Å². The molecule has 37 heavy (non-hydrogen) atoms. The summed E-state index contributed by atoms with van der Waals surface area (Å²) in [6, 6.07) is 3.37. The van der Waals surface area contributed by atoms with Crippen LogP contribution in [0.5, 0.6) is 0 Å². The summed E-state index contributed by atoms with van der Waals surface area (Å²) in [5.41, 5.74) is 1.53. The number of fused-ring (bicyclic) bond motifs is 1. The van der Waals surface area contributed by atoms with E-state index in [-0.39, 0.29) is 28.2 Å². The zero-order valence-electron chi connectivity index (χ0n) is 22.2. The molecule has 1 saturated heterocycles. The molecule has 4 rings (SSSR count). The fourth-order valence-corrected chi connectivity index (χ4v) is 4.84. The van der Waals surface area contributed by atoms with Crippen LogP contribution in [0.15, 0.2) is 23.1 Å². The molecule has 1 aliphatic rings. The van der Waals surface area contributed by atoms with Crippen LogP contribution in [-0.4, -0.2) is 61.8 Å². The number of nitrogens with zero attached hydrogens (tertiary/aromatic N) is 6. The van der Waals surface area contributed by atoms with E-state index in [9.17, 15) is 9.59 Å². The van der Waals surface area contributed by atoms with Gasteiger partial charge < -0.3 is 14.5 Å². The molecule has 1 fully saturated rings. The van der Waals surface area contributed by atoms with E-state index in [4.69, 9.17) is 27.9 Å². The molecule has 0 saturated carbocycles. The summed E-state index contributed by atoms with van der Waals surface area (Å²) in [5.74, 6) is 0.506. The third-order valence-electron chi connectivity index (χ3n) is 6.24. The van der Waals surface area contributed by atoms with Gasteiger partial charge in [0.05, 0.1) is 21.8 Å². The molecule has 9 nitrogen and oxygen atoms in total. The molecule has 198 valence electrons. The third-order valence-corrected chi connectivity index (χ3v) is 6.91. The van der Waals surface area contributed by atoms with Crippen molar-refractivity contribution in [2.75, 3.05) is 24.5 Å². The number of aromatic nitrogens is 4. The lowest BCUT2D eigenvalue weighted by atomic mass is 10.0. The monoisotopic (exact) mass is 546 g/mol. The Kier molecular flexibility index (Phi) is 7.41. The standard InChI is InChI=1S/C26H32Cl2N6O3/c1-14(2)19-20(15(3)8-9-29-19)34-23-17(12-18(27)21(28)30-23)22(31-24(34)35)32-10-11-33(16(4)13-32)25(36)37-26(5,6)7/h8-9,12,14,16H,10-11,13H2,1-7H3/t16-/m1/s1. The Balaban J connectivity index is 1.83. The highest BCUT2D eigenvalue weighted by molar-refractivity contribution is 6.41. The number of piperazine rings is 1. The second-order valence-electron chi connectivity index (χ2n) is 10.7. The molecule has 3 aromatic heterocycles. The van der Waals surface area contributed by atoms with Gasteiger partial charge in [-0.15, -0.1) is 0 Å². The van der Waals surface area contributed by atoms with E-state index in [1.807, 2.05) is 59.4 Å². The van der Waals surface area contributed by atoms with Gasteiger partial charge in [-0.2, -0.15) is 4.98 Å². The maximum atomic E-state index is 13.6. The van der Waals surface area contributed by atoms with Crippen LogP contribution in [0.3, 0.4) is 0 Å². The normalized spacial score (nSPS) is 16.5. The molecule has 1 atom stereocenters. The topological polar surface area (TPSA) is 93.5 Å². The van der Waals surface area contributed by atoms with Crippen LogP contribution in [0.1, 0.15) is 58.7 Å². The fraction of sp³-hybridized carbons (Fsp3) is 0.500. The number of hydrogen-bond acceptors (Lipinski definition) is 7. The molecule has 0 bridgehead atoms. The van der Waals surface area contributed by atoms with Gasteiger partial charge in [-0.25, -0.2) is 19.1 Å². The Morgan fingerprint density at radius 1 is 1.19 bits per heavy atom. The molecular formula is C26H32Cl2N6O3.